The molecule has 5 rings (SSSR count). The van der Waals surface area contributed by atoms with Crippen LogP contribution in [0.4, 0.5) is 26.1 Å². The Balaban J connectivity index is 1.53. The van der Waals surface area contributed by atoms with Gasteiger partial charge in [0.2, 0.25) is 11.8 Å². The molecule has 0 radical (unpaired) electrons. The van der Waals surface area contributed by atoms with Crippen molar-refractivity contribution in [1.82, 2.24) is 15.0 Å². The van der Waals surface area contributed by atoms with E-state index < -0.39 is 5.92 Å². The summed E-state index contributed by atoms with van der Waals surface area (Å²) in [5, 5.41) is 2.74. The molecular formula is C21H23F2N5O. The zero-order chi connectivity index (χ0) is 20.4. The van der Waals surface area contributed by atoms with E-state index in [1.807, 2.05) is 25.3 Å². The summed E-state index contributed by atoms with van der Waals surface area (Å²) in [4.78, 5) is 27.2. The summed E-state index contributed by atoms with van der Waals surface area (Å²) >= 11 is 0. The molecule has 1 unspecified atom stereocenters. The van der Waals surface area contributed by atoms with E-state index in [4.69, 9.17) is 4.98 Å². The van der Waals surface area contributed by atoms with Crippen molar-refractivity contribution in [2.75, 3.05) is 16.8 Å². The van der Waals surface area contributed by atoms with Crippen LogP contribution in [-0.2, 0) is 10.2 Å². The number of anilines is 3. The van der Waals surface area contributed by atoms with E-state index in [9.17, 15) is 13.6 Å². The van der Waals surface area contributed by atoms with Crippen molar-refractivity contribution in [3.63, 3.8) is 0 Å². The van der Waals surface area contributed by atoms with Crippen LogP contribution in [0.25, 0.3) is 0 Å². The second kappa shape index (κ2) is 6.18. The molecule has 1 N–H and O–H groups in total. The van der Waals surface area contributed by atoms with Gasteiger partial charge in [-0.3, -0.25) is 4.79 Å². The number of hydrogen-bond donors (Lipinski definition) is 1. The van der Waals surface area contributed by atoms with Gasteiger partial charge >= 0.3 is 0 Å². The standard InChI is InChI=1S/C21H23F2N5O/c1-12-7-18(27-19(25-12)14-3-4-21(22,23)9-14)28-11-20(5-6-20)15-10-24-17(8-16(15)28)26-13(2)29/h7-8,10,14H,3-6,9,11H2,1-2H3,(H,24,26,29). The minimum absolute atomic E-state index is 0.0799. The maximum atomic E-state index is 13.7. The fourth-order valence-electron chi connectivity index (χ4n) is 4.65. The summed E-state index contributed by atoms with van der Waals surface area (Å²) in [6.07, 6.45) is 4.14. The van der Waals surface area contributed by atoms with Gasteiger partial charge in [0.25, 0.3) is 0 Å². The molecule has 6 nitrogen and oxygen atoms in total. The Hall–Kier alpha value is -2.64. The van der Waals surface area contributed by atoms with Crippen LogP contribution in [0.5, 0.6) is 0 Å². The molecule has 8 heteroatoms. The van der Waals surface area contributed by atoms with Crippen LogP contribution in [0.2, 0.25) is 0 Å². The molecule has 3 heterocycles. The highest BCUT2D eigenvalue weighted by Crippen LogP contribution is 2.58. The average Bonchev–Trinajstić information content (AvgIpc) is 3.22. The zero-order valence-corrected chi connectivity index (χ0v) is 16.5. The fraction of sp³-hybridized carbons (Fsp3) is 0.524. The van der Waals surface area contributed by atoms with Gasteiger partial charge in [-0.2, -0.15) is 0 Å². The van der Waals surface area contributed by atoms with Crippen LogP contribution in [0.3, 0.4) is 0 Å². The highest BCUT2D eigenvalue weighted by Gasteiger charge is 2.52. The number of alkyl halides is 2. The molecule has 152 valence electrons. The normalized spacial score (nSPS) is 23.3. The van der Waals surface area contributed by atoms with E-state index in [1.54, 1.807) is 0 Å². The molecule has 1 atom stereocenters. The SMILES string of the molecule is CC(=O)Nc1cc2c(cn1)C1(CC1)CN2c1cc(C)nc(C2CCC(F)(F)C2)n1. The molecule has 1 aliphatic heterocycles. The first-order chi connectivity index (χ1) is 13.7. The quantitative estimate of drug-likeness (QED) is 0.837. The first-order valence-electron chi connectivity index (χ1n) is 10.0. The Morgan fingerprint density at radius 3 is 2.69 bits per heavy atom. The van der Waals surface area contributed by atoms with Gasteiger partial charge in [-0.1, -0.05) is 0 Å². The lowest BCUT2D eigenvalue weighted by Gasteiger charge is -2.21. The number of carbonyl (C=O) groups is 1. The molecule has 0 saturated heterocycles. The molecular weight excluding hydrogens is 376 g/mol. The Morgan fingerprint density at radius 2 is 2.03 bits per heavy atom. The predicted molar refractivity (Wildman–Crippen MR) is 105 cm³/mol. The molecule has 2 aromatic heterocycles. The van der Waals surface area contributed by atoms with E-state index in [-0.39, 0.29) is 30.1 Å². The van der Waals surface area contributed by atoms with Gasteiger partial charge in [-0.15, -0.1) is 0 Å². The third-order valence-corrected chi connectivity index (χ3v) is 6.27. The highest BCUT2D eigenvalue weighted by molar-refractivity contribution is 5.89. The van der Waals surface area contributed by atoms with E-state index in [0.29, 0.717) is 18.1 Å². The molecule has 0 aromatic carbocycles. The van der Waals surface area contributed by atoms with Gasteiger partial charge in [-0.25, -0.2) is 23.7 Å². The number of hydrogen-bond acceptors (Lipinski definition) is 5. The van der Waals surface area contributed by atoms with E-state index in [2.05, 4.69) is 20.2 Å². The third kappa shape index (κ3) is 3.24. The highest BCUT2D eigenvalue weighted by atomic mass is 19.3. The molecule has 2 saturated carbocycles. The van der Waals surface area contributed by atoms with Crippen molar-refractivity contribution in [1.29, 1.82) is 0 Å². The summed E-state index contributed by atoms with van der Waals surface area (Å²) in [5.74, 6) is -1.38. The maximum absolute atomic E-state index is 13.7. The number of pyridine rings is 1. The minimum atomic E-state index is -2.63. The lowest BCUT2D eigenvalue weighted by molar-refractivity contribution is -0.114. The smallest absolute Gasteiger partial charge is 0.248 e. The Bertz CT molecular complexity index is 1000. The van der Waals surface area contributed by atoms with Crippen molar-refractivity contribution < 1.29 is 13.6 Å². The second-order valence-corrected chi connectivity index (χ2v) is 8.66. The maximum Gasteiger partial charge on any atom is 0.248 e. The van der Waals surface area contributed by atoms with Crippen LogP contribution < -0.4 is 10.2 Å². The number of aryl methyl sites for hydroxylation is 1. The third-order valence-electron chi connectivity index (χ3n) is 6.27. The number of fused-ring (bicyclic) bond motifs is 2. The monoisotopic (exact) mass is 399 g/mol. The van der Waals surface area contributed by atoms with E-state index in [0.717, 1.165) is 42.1 Å². The zero-order valence-electron chi connectivity index (χ0n) is 16.5. The Morgan fingerprint density at radius 1 is 1.24 bits per heavy atom. The number of halogens is 2. The first-order valence-corrected chi connectivity index (χ1v) is 10.0. The number of amides is 1. The molecule has 3 aliphatic rings. The number of aromatic nitrogens is 3. The Labute approximate surface area is 167 Å². The molecule has 2 fully saturated rings. The molecule has 1 amide bonds. The largest absolute Gasteiger partial charge is 0.325 e. The van der Waals surface area contributed by atoms with Gasteiger partial charge in [0.05, 0.1) is 5.69 Å². The van der Waals surface area contributed by atoms with Crippen molar-refractivity contribution in [2.24, 2.45) is 0 Å². The lowest BCUT2D eigenvalue weighted by atomic mass is 10.0. The molecule has 2 aliphatic carbocycles. The van der Waals surface area contributed by atoms with Crippen molar-refractivity contribution in [3.8, 4) is 0 Å². The predicted octanol–water partition coefficient (Wildman–Crippen LogP) is 4.22. The minimum Gasteiger partial charge on any atom is -0.325 e. The van der Waals surface area contributed by atoms with Gasteiger partial charge in [0, 0.05) is 67.2 Å². The summed E-state index contributed by atoms with van der Waals surface area (Å²) < 4.78 is 27.5. The molecule has 29 heavy (non-hydrogen) atoms. The lowest BCUT2D eigenvalue weighted by Crippen LogP contribution is -2.21. The fourth-order valence-corrected chi connectivity index (χ4v) is 4.65. The van der Waals surface area contributed by atoms with Gasteiger partial charge < -0.3 is 10.2 Å². The molecule has 2 aromatic rings. The molecule has 1 spiro atoms. The van der Waals surface area contributed by atoms with Crippen LogP contribution in [0, 0.1) is 6.92 Å². The topological polar surface area (TPSA) is 71.0 Å². The van der Waals surface area contributed by atoms with Gasteiger partial charge in [0.1, 0.15) is 17.5 Å². The van der Waals surface area contributed by atoms with E-state index >= 15 is 0 Å². The van der Waals surface area contributed by atoms with Crippen molar-refractivity contribution >= 4 is 23.2 Å². The number of nitrogens with one attached hydrogen (secondary N) is 1. The molecule has 0 bridgehead atoms. The number of nitrogens with zero attached hydrogens (tertiary/aromatic N) is 4. The van der Waals surface area contributed by atoms with Crippen LogP contribution in [-0.4, -0.2) is 33.3 Å². The summed E-state index contributed by atoms with van der Waals surface area (Å²) in [7, 11) is 0. The number of carbonyl (C=O) groups excluding carboxylic acids is 1. The van der Waals surface area contributed by atoms with Crippen LogP contribution >= 0.6 is 0 Å². The van der Waals surface area contributed by atoms with Crippen molar-refractivity contribution in [2.45, 2.75) is 63.2 Å². The van der Waals surface area contributed by atoms with Gasteiger partial charge in [0.15, 0.2) is 0 Å². The van der Waals surface area contributed by atoms with Crippen molar-refractivity contribution in [3.05, 3.63) is 35.4 Å². The summed E-state index contributed by atoms with van der Waals surface area (Å²) in [5.41, 5.74) is 2.99. The Kier molecular flexibility index (Phi) is 3.92. The number of rotatable bonds is 3. The second-order valence-electron chi connectivity index (χ2n) is 8.66. The first kappa shape index (κ1) is 18.4. The average molecular weight is 399 g/mol. The van der Waals surface area contributed by atoms with Gasteiger partial charge in [-0.05, 0) is 26.2 Å². The van der Waals surface area contributed by atoms with E-state index in [1.165, 1.54) is 6.92 Å². The van der Waals surface area contributed by atoms with Crippen LogP contribution in [0.15, 0.2) is 18.3 Å². The summed E-state index contributed by atoms with van der Waals surface area (Å²) in [6.45, 7) is 4.11. The summed E-state index contributed by atoms with van der Waals surface area (Å²) in [6, 6.07) is 3.78. The van der Waals surface area contributed by atoms with Crippen LogP contribution in [0.1, 0.15) is 62.0 Å².